The van der Waals surface area contributed by atoms with E-state index in [4.69, 9.17) is 17.3 Å². The monoisotopic (exact) mass is 271 g/mol. The van der Waals surface area contributed by atoms with Crippen molar-refractivity contribution >= 4 is 28.9 Å². The summed E-state index contributed by atoms with van der Waals surface area (Å²) in [6, 6.07) is 3.39. The van der Waals surface area contributed by atoms with Gasteiger partial charge >= 0.3 is 0 Å². The first-order valence-corrected chi connectivity index (χ1v) is 5.84. The molecular formula is C11H14ClN3O3. The fourth-order valence-corrected chi connectivity index (χ4v) is 1.66. The van der Waals surface area contributed by atoms with E-state index in [9.17, 15) is 14.9 Å². The number of nitrogens with zero attached hydrogens (tertiary/aromatic N) is 1. The molecule has 0 fully saturated rings. The molecule has 0 bridgehead atoms. The minimum absolute atomic E-state index is 0.0261. The van der Waals surface area contributed by atoms with Gasteiger partial charge < -0.3 is 11.1 Å². The molecule has 7 heteroatoms. The molecule has 0 aliphatic heterocycles. The van der Waals surface area contributed by atoms with Crippen LogP contribution in [0.5, 0.6) is 0 Å². The average Bonchev–Trinajstić information content (AvgIpc) is 2.28. The third-order valence-electron chi connectivity index (χ3n) is 2.35. The van der Waals surface area contributed by atoms with E-state index in [2.05, 4.69) is 5.32 Å². The zero-order chi connectivity index (χ0) is 13.7. The van der Waals surface area contributed by atoms with Crippen molar-refractivity contribution in [3.05, 3.63) is 33.3 Å². The number of hydrogen-bond acceptors (Lipinski definition) is 4. The standard InChI is InChI=1S/C11H14ClN3O3/c1-2-3-9(13)11(16)14-7-4-5-10(15(17)18)8(12)6-7/h4-6,9H,2-3,13H2,1H3,(H,14,16)/t9-/m1/s1. The number of carbonyl (C=O) groups excluding carboxylic acids is 1. The number of benzene rings is 1. The van der Waals surface area contributed by atoms with Crippen molar-refractivity contribution in [2.24, 2.45) is 5.73 Å². The molecular weight excluding hydrogens is 258 g/mol. The number of rotatable bonds is 5. The van der Waals surface area contributed by atoms with Crippen molar-refractivity contribution in [1.29, 1.82) is 0 Å². The molecule has 1 aromatic carbocycles. The van der Waals surface area contributed by atoms with Crippen molar-refractivity contribution in [2.45, 2.75) is 25.8 Å². The SMILES string of the molecule is CCC[C@@H](N)C(=O)Nc1ccc([N+](=O)[O-])c(Cl)c1. The van der Waals surface area contributed by atoms with E-state index >= 15 is 0 Å². The zero-order valence-electron chi connectivity index (χ0n) is 9.85. The first-order valence-electron chi connectivity index (χ1n) is 5.46. The van der Waals surface area contributed by atoms with Crippen LogP contribution in [0.3, 0.4) is 0 Å². The molecule has 1 aromatic rings. The van der Waals surface area contributed by atoms with Gasteiger partial charge in [0.15, 0.2) is 0 Å². The summed E-state index contributed by atoms with van der Waals surface area (Å²) in [6.45, 7) is 1.93. The quantitative estimate of drug-likeness (QED) is 0.634. The predicted molar refractivity (Wildman–Crippen MR) is 69.6 cm³/mol. The van der Waals surface area contributed by atoms with E-state index in [0.717, 1.165) is 6.42 Å². The van der Waals surface area contributed by atoms with Crippen LogP contribution in [0.4, 0.5) is 11.4 Å². The highest BCUT2D eigenvalue weighted by Gasteiger charge is 2.15. The molecule has 0 unspecified atom stereocenters. The largest absolute Gasteiger partial charge is 0.325 e. The van der Waals surface area contributed by atoms with Crippen molar-refractivity contribution in [3.8, 4) is 0 Å². The maximum Gasteiger partial charge on any atom is 0.288 e. The van der Waals surface area contributed by atoms with Crippen molar-refractivity contribution in [3.63, 3.8) is 0 Å². The minimum Gasteiger partial charge on any atom is -0.325 e. The Kier molecular flexibility index (Phi) is 5.06. The van der Waals surface area contributed by atoms with Gasteiger partial charge in [0.2, 0.25) is 5.91 Å². The van der Waals surface area contributed by atoms with Crippen LogP contribution in [0.25, 0.3) is 0 Å². The summed E-state index contributed by atoms with van der Waals surface area (Å²) in [7, 11) is 0. The minimum atomic E-state index is -0.594. The van der Waals surface area contributed by atoms with Gasteiger partial charge in [0, 0.05) is 11.8 Å². The van der Waals surface area contributed by atoms with Crippen LogP contribution in [-0.2, 0) is 4.79 Å². The maximum atomic E-state index is 11.6. The Hall–Kier alpha value is -1.66. The first kappa shape index (κ1) is 14.4. The lowest BCUT2D eigenvalue weighted by Gasteiger charge is -2.11. The molecule has 98 valence electrons. The van der Waals surface area contributed by atoms with Crippen molar-refractivity contribution < 1.29 is 9.72 Å². The Balaban J connectivity index is 2.77. The lowest BCUT2D eigenvalue weighted by Crippen LogP contribution is -2.35. The second-order valence-electron chi connectivity index (χ2n) is 3.81. The van der Waals surface area contributed by atoms with Crippen LogP contribution < -0.4 is 11.1 Å². The van der Waals surface area contributed by atoms with Gasteiger partial charge in [-0.15, -0.1) is 0 Å². The lowest BCUT2D eigenvalue weighted by molar-refractivity contribution is -0.384. The zero-order valence-corrected chi connectivity index (χ0v) is 10.6. The summed E-state index contributed by atoms with van der Waals surface area (Å²) < 4.78 is 0. The number of halogens is 1. The lowest BCUT2D eigenvalue weighted by atomic mass is 10.1. The number of anilines is 1. The van der Waals surface area contributed by atoms with Crippen LogP contribution in [0.15, 0.2) is 18.2 Å². The highest BCUT2D eigenvalue weighted by atomic mass is 35.5. The van der Waals surface area contributed by atoms with Crippen LogP contribution in [-0.4, -0.2) is 16.9 Å². The Labute approximate surface area is 109 Å². The van der Waals surface area contributed by atoms with Gasteiger partial charge in [-0.3, -0.25) is 14.9 Å². The van der Waals surface area contributed by atoms with Gasteiger partial charge in [-0.25, -0.2) is 0 Å². The van der Waals surface area contributed by atoms with Gasteiger partial charge in [-0.2, -0.15) is 0 Å². The van der Waals surface area contributed by atoms with E-state index in [1.165, 1.54) is 18.2 Å². The van der Waals surface area contributed by atoms with Gasteiger partial charge in [0.05, 0.1) is 11.0 Å². The van der Waals surface area contributed by atoms with Crippen molar-refractivity contribution in [2.75, 3.05) is 5.32 Å². The molecule has 0 aromatic heterocycles. The first-order chi connectivity index (χ1) is 8.45. The molecule has 18 heavy (non-hydrogen) atoms. The number of carbonyl (C=O) groups is 1. The molecule has 0 saturated heterocycles. The average molecular weight is 272 g/mol. The Morgan fingerprint density at radius 3 is 2.78 bits per heavy atom. The Morgan fingerprint density at radius 1 is 1.61 bits per heavy atom. The van der Waals surface area contributed by atoms with Crippen LogP contribution in [0, 0.1) is 10.1 Å². The summed E-state index contributed by atoms with van der Waals surface area (Å²) >= 11 is 5.72. The summed E-state index contributed by atoms with van der Waals surface area (Å²) in [5.74, 6) is -0.332. The van der Waals surface area contributed by atoms with Gasteiger partial charge in [-0.1, -0.05) is 24.9 Å². The van der Waals surface area contributed by atoms with E-state index in [1.54, 1.807) is 0 Å². The summed E-state index contributed by atoms with van der Waals surface area (Å²) in [6.07, 6.45) is 1.38. The number of nitrogens with one attached hydrogen (secondary N) is 1. The molecule has 0 aliphatic carbocycles. The van der Waals surface area contributed by atoms with Crippen LogP contribution in [0.1, 0.15) is 19.8 Å². The molecule has 0 saturated carbocycles. The maximum absolute atomic E-state index is 11.6. The molecule has 0 heterocycles. The summed E-state index contributed by atoms with van der Waals surface area (Å²) in [5.41, 5.74) is 5.83. The van der Waals surface area contributed by atoms with Crippen molar-refractivity contribution in [1.82, 2.24) is 0 Å². The molecule has 6 nitrogen and oxygen atoms in total. The molecule has 3 N–H and O–H groups in total. The Morgan fingerprint density at radius 2 is 2.28 bits per heavy atom. The third-order valence-corrected chi connectivity index (χ3v) is 2.65. The number of nitrogens with two attached hydrogens (primary N) is 1. The van der Waals surface area contributed by atoms with E-state index in [-0.39, 0.29) is 16.6 Å². The highest BCUT2D eigenvalue weighted by Crippen LogP contribution is 2.27. The fourth-order valence-electron chi connectivity index (χ4n) is 1.41. The summed E-state index contributed by atoms with van der Waals surface area (Å²) in [4.78, 5) is 21.6. The number of nitro groups is 1. The topological polar surface area (TPSA) is 98.3 Å². The molecule has 1 rings (SSSR count). The summed E-state index contributed by atoms with van der Waals surface area (Å²) in [5, 5.41) is 13.1. The van der Waals surface area contributed by atoms with E-state index in [1.807, 2.05) is 6.92 Å². The van der Waals surface area contributed by atoms with E-state index < -0.39 is 11.0 Å². The molecule has 0 radical (unpaired) electrons. The van der Waals surface area contributed by atoms with Crippen LogP contribution >= 0.6 is 11.6 Å². The van der Waals surface area contributed by atoms with Gasteiger partial charge in [-0.05, 0) is 18.6 Å². The number of nitro benzene ring substituents is 1. The highest BCUT2D eigenvalue weighted by molar-refractivity contribution is 6.33. The van der Waals surface area contributed by atoms with Crippen LogP contribution in [0.2, 0.25) is 5.02 Å². The normalized spacial score (nSPS) is 11.9. The number of amides is 1. The van der Waals surface area contributed by atoms with E-state index in [0.29, 0.717) is 12.1 Å². The molecule has 0 aliphatic rings. The number of hydrogen-bond donors (Lipinski definition) is 2. The van der Waals surface area contributed by atoms with Gasteiger partial charge in [0.25, 0.3) is 5.69 Å². The van der Waals surface area contributed by atoms with Gasteiger partial charge in [0.1, 0.15) is 5.02 Å². The third kappa shape index (κ3) is 3.68. The second kappa shape index (κ2) is 6.32. The molecule has 1 amide bonds. The predicted octanol–water partition coefficient (Wildman–Crippen LogP) is 2.31. The smallest absolute Gasteiger partial charge is 0.288 e. The Bertz CT molecular complexity index is 465. The molecule has 1 atom stereocenters. The molecule has 0 spiro atoms. The second-order valence-corrected chi connectivity index (χ2v) is 4.21. The fraction of sp³-hybridized carbons (Fsp3) is 0.364.